The summed E-state index contributed by atoms with van der Waals surface area (Å²) in [6, 6.07) is 9.36. The van der Waals surface area contributed by atoms with Crippen LogP contribution in [0.3, 0.4) is 0 Å². The molecular weight excluding hydrogens is 384 g/mol. The topological polar surface area (TPSA) is 90.6 Å². The Bertz CT molecular complexity index is 1010. The summed E-state index contributed by atoms with van der Waals surface area (Å²) in [4.78, 5) is 23.3. The fourth-order valence-electron chi connectivity index (χ4n) is 3.81. The number of hydrogen-bond donors (Lipinski definition) is 0. The van der Waals surface area contributed by atoms with Gasteiger partial charge in [0, 0.05) is 49.0 Å². The van der Waals surface area contributed by atoms with E-state index in [0.717, 1.165) is 42.0 Å². The molecule has 2 aromatic heterocycles. The van der Waals surface area contributed by atoms with Crippen LogP contribution in [0.25, 0.3) is 11.4 Å². The molecule has 3 aromatic rings. The van der Waals surface area contributed by atoms with Crippen LogP contribution in [-0.4, -0.2) is 46.7 Å². The molecule has 1 amide bonds. The molecule has 30 heavy (non-hydrogen) atoms. The number of ether oxygens (including phenoxy) is 2. The first-order chi connectivity index (χ1) is 14.7. The molecule has 1 fully saturated rings. The summed E-state index contributed by atoms with van der Waals surface area (Å²) in [7, 11) is 3.26. The van der Waals surface area contributed by atoms with E-state index in [9.17, 15) is 4.79 Å². The van der Waals surface area contributed by atoms with Crippen molar-refractivity contribution in [1.82, 2.24) is 20.0 Å². The molecule has 1 aliphatic rings. The maximum Gasteiger partial charge on any atom is 0.227 e. The van der Waals surface area contributed by atoms with Crippen molar-refractivity contribution in [1.29, 1.82) is 0 Å². The van der Waals surface area contributed by atoms with E-state index >= 15 is 0 Å². The first-order valence-corrected chi connectivity index (χ1v) is 9.94. The van der Waals surface area contributed by atoms with E-state index in [0.29, 0.717) is 24.6 Å². The quantitative estimate of drug-likeness (QED) is 0.591. The van der Waals surface area contributed by atoms with Crippen LogP contribution < -0.4 is 9.47 Å². The first kappa shape index (κ1) is 19.9. The molecule has 1 aromatic carbocycles. The third kappa shape index (κ3) is 4.12. The van der Waals surface area contributed by atoms with Gasteiger partial charge in [0.1, 0.15) is 11.5 Å². The summed E-state index contributed by atoms with van der Waals surface area (Å²) < 4.78 is 16.1. The lowest BCUT2D eigenvalue weighted by Crippen LogP contribution is -2.31. The molecule has 0 saturated carbocycles. The van der Waals surface area contributed by atoms with Gasteiger partial charge in [0.15, 0.2) is 0 Å². The fraction of sp³-hybridized carbons (Fsp3) is 0.364. The number of benzene rings is 1. The third-order valence-corrected chi connectivity index (χ3v) is 5.33. The van der Waals surface area contributed by atoms with Crippen LogP contribution in [0.1, 0.15) is 36.8 Å². The molecule has 0 spiro atoms. The molecule has 1 unspecified atom stereocenters. The Morgan fingerprint density at radius 3 is 2.80 bits per heavy atom. The number of amides is 1. The second-order valence-corrected chi connectivity index (χ2v) is 7.10. The van der Waals surface area contributed by atoms with Gasteiger partial charge in [-0.2, -0.15) is 4.98 Å². The number of likely N-dealkylation sites (tertiary alicyclic amines) is 1. The zero-order valence-corrected chi connectivity index (χ0v) is 17.1. The maximum atomic E-state index is 13.0. The minimum absolute atomic E-state index is 0.00609. The minimum atomic E-state index is -0.00609. The van der Waals surface area contributed by atoms with Crippen molar-refractivity contribution >= 4 is 5.91 Å². The van der Waals surface area contributed by atoms with E-state index in [-0.39, 0.29) is 11.9 Å². The minimum Gasteiger partial charge on any atom is -0.497 e. The highest BCUT2D eigenvalue weighted by Crippen LogP contribution is 2.39. The first-order valence-electron chi connectivity index (χ1n) is 9.94. The molecule has 0 aliphatic carbocycles. The van der Waals surface area contributed by atoms with E-state index in [2.05, 4.69) is 15.1 Å². The molecule has 1 saturated heterocycles. The summed E-state index contributed by atoms with van der Waals surface area (Å²) in [6.07, 6.45) is 5.93. The summed E-state index contributed by atoms with van der Waals surface area (Å²) in [5.74, 6) is 2.49. The van der Waals surface area contributed by atoms with Crippen molar-refractivity contribution in [3.63, 3.8) is 0 Å². The Balaban J connectivity index is 1.43. The predicted molar refractivity (Wildman–Crippen MR) is 109 cm³/mol. The van der Waals surface area contributed by atoms with Crippen molar-refractivity contribution in [2.75, 3.05) is 20.8 Å². The largest absolute Gasteiger partial charge is 0.497 e. The number of rotatable bonds is 7. The molecule has 8 nitrogen and oxygen atoms in total. The summed E-state index contributed by atoms with van der Waals surface area (Å²) in [5.41, 5.74) is 1.83. The van der Waals surface area contributed by atoms with Gasteiger partial charge in [-0.25, -0.2) is 0 Å². The fourth-order valence-corrected chi connectivity index (χ4v) is 3.81. The second kappa shape index (κ2) is 8.94. The van der Waals surface area contributed by atoms with E-state index in [1.54, 1.807) is 26.6 Å². The monoisotopic (exact) mass is 408 g/mol. The average Bonchev–Trinajstić information content (AvgIpc) is 3.47. The number of methoxy groups -OCH3 is 2. The zero-order chi connectivity index (χ0) is 20.9. The zero-order valence-electron chi connectivity index (χ0n) is 17.1. The van der Waals surface area contributed by atoms with Crippen LogP contribution in [0.4, 0.5) is 0 Å². The van der Waals surface area contributed by atoms with Crippen molar-refractivity contribution < 1.29 is 18.8 Å². The number of pyridine rings is 1. The van der Waals surface area contributed by atoms with E-state index < -0.39 is 0 Å². The smallest absolute Gasteiger partial charge is 0.227 e. The average molecular weight is 408 g/mol. The lowest BCUT2D eigenvalue weighted by molar-refractivity contribution is -0.132. The van der Waals surface area contributed by atoms with Gasteiger partial charge in [0.2, 0.25) is 17.6 Å². The lowest BCUT2D eigenvalue weighted by atomic mass is 10.0. The molecule has 8 heteroatoms. The number of aryl methyl sites for hydroxylation is 1. The van der Waals surface area contributed by atoms with Gasteiger partial charge in [0.25, 0.3) is 0 Å². The normalized spacial score (nSPS) is 15.9. The Morgan fingerprint density at radius 2 is 2.03 bits per heavy atom. The molecule has 4 rings (SSSR count). The molecule has 1 atom stereocenters. The van der Waals surface area contributed by atoms with E-state index in [1.165, 1.54) is 0 Å². The number of nitrogens with zero attached hydrogens (tertiary/aromatic N) is 4. The Hall–Kier alpha value is -3.42. The highest BCUT2D eigenvalue weighted by atomic mass is 16.5. The summed E-state index contributed by atoms with van der Waals surface area (Å²) >= 11 is 0. The van der Waals surface area contributed by atoms with Crippen LogP contribution in [0.15, 0.2) is 47.2 Å². The lowest BCUT2D eigenvalue weighted by Gasteiger charge is -2.26. The van der Waals surface area contributed by atoms with Gasteiger partial charge in [-0.05, 0) is 37.1 Å². The highest BCUT2D eigenvalue weighted by Gasteiger charge is 2.32. The van der Waals surface area contributed by atoms with E-state index in [4.69, 9.17) is 14.0 Å². The van der Waals surface area contributed by atoms with Crippen LogP contribution in [0.5, 0.6) is 11.5 Å². The molecular formula is C22H24N4O4. The number of carbonyl (C=O) groups is 1. The standard InChI is InChI=1S/C22H24N4O4/c1-28-16-5-6-17(19(14-16)29-2)18-4-3-13-26(18)21(27)8-7-20-24-22(25-30-20)15-9-11-23-12-10-15/h5-6,9-12,14,18H,3-4,7-8,13H2,1-2H3. The molecule has 0 bridgehead atoms. The highest BCUT2D eigenvalue weighted by molar-refractivity contribution is 5.77. The molecule has 156 valence electrons. The second-order valence-electron chi connectivity index (χ2n) is 7.10. The van der Waals surface area contributed by atoms with Crippen LogP contribution in [0.2, 0.25) is 0 Å². The Labute approximate surface area is 174 Å². The Morgan fingerprint density at radius 1 is 1.20 bits per heavy atom. The number of hydrogen-bond acceptors (Lipinski definition) is 7. The molecule has 0 radical (unpaired) electrons. The van der Waals surface area contributed by atoms with Gasteiger partial charge < -0.3 is 18.9 Å². The van der Waals surface area contributed by atoms with Crippen molar-refractivity contribution in [2.24, 2.45) is 0 Å². The van der Waals surface area contributed by atoms with Gasteiger partial charge in [-0.15, -0.1) is 0 Å². The van der Waals surface area contributed by atoms with Crippen LogP contribution in [0, 0.1) is 0 Å². The third-order valence-electron chi connectivity index (χ3n) is 5.33. The van der Waals surface area contributed by atoms with Gasteiger partial charge in [-0.1, -0.05) is 5.16 Å². The molecule has 3 heterocycles. The summed E-state index contributed by atoms with van der Waals surface area (Å²) in [5, 5.41) is 4.00. The van der Waals surface area contributed by atoms with Crippen molar-refractivity contribution in [3.05, 3.63) is 54.2 Å². The molecule has 0 N–H and O–H groups in total. The van der Waals surface area contributed by atoms with E-state index in [1.807, 2.05) is 35.2 Å². The summed E-state index contributed by atoms with van der Waals surface area (Å²) in [6.45, 7) is 0.727. The predicted octanol–water partition coefficient (Wildman–Crippen LogP) is 3.45. The van der Waals surface area contributed by atoms with Crippen LogP contribution in [-0.2, 0) is 11.2 Å². The van der Waals surface area contributed by atoms with Gasteiger partial charge in [0.05, 0.1) is 20.3 Å². The van der Waals surface area contributed by atoms with Gasteiger partial charge >= 0.3 is 0 Å². The molecule has 1 aliphatic heterocycles. The van der Waals surface area contributed by atoms with Crippen molar-refractivity contribution in [3.8, 4) is 22.9 Å². The number of carbonyl (C=O) groups excluding carboxylic acids is 1. The maximum absolute atomic E-state index is 13.0. The van der Waals surface area contributed by atoms with Gasteiger partial charge in [-0.3, -0.25) is 9.78 Å². The Kier molecular flexibility index (Phi) is 5.92. The van der Waals surface area contributed by atoms with Crippen molar-refractivity contribution in [2.45, 2.75) is 31.7 Å². The SMILES string of the molecule is COc1ccc(C2CCCN2C(=O)CCc2nc(-c3ccncc3)no2)c(OC)c1. The number of aromatic nitrogens is 3. The van der Waals surface area contributed by atoms with Crippen LogP contribution >= 0.6 is 0 Å².